The number of hydrogen-bond donors (Lipinski definition) is 0. The summed E-state index contributed by atoms with van der Waals surface area (Å²) in [4.78, 5) is 9.81. The summed E-state index contributed by atoms with van der Waals surface area (Å²) >= 11 is 0. The van der Waals surface area contributed by atoms with E-state index in [0.717, 1.165) is 26.4 Å². The summed E-state index contributed by atoms with van der Waals surface area (Å²) in [5.74, 6) is -1.09. The summed E-state index contributed by atoms with van der Waals surface area (Å²) in [5.41, 5.74) is 0. The second kappa shape index (κ2) is 18.1. The van der Waals surface area contributed by atoms with E-state index in [1.165, 1.54) is 12.3 Å². The molecule has 23 heavy (non-hydrogen) atoms. The number of ether oxygens (including phenoxy) is 4. The zero-order chi connectivity index (χ0) is 18.0. The minimum absolute atomic E-state index is 0.0519. The van der Waals surface area contributed by atoms with Crippen molar-refractivity contribution in [3.8, 4) is 0 Å². The second-order valence-corrected chi connectivity index (χ2v) is 10.3. The lowest BCUT2D eigenvalue weighted by atomic mass is 10.5. The fraction of sp³-hybridized carbons (Fsp3) is 0.938. The summed E-state index contributed by atoms with van der Waals surface area (Å²) in [5, 5.41) is 9.81. The van der Waals surface area contributed by atoms with E-state index < -0.39 is 13.2 Å². The Morgan fingerprint density at radius 1 is 0.870 bits per heavy atom. The SMILES string of the molecule is CCOCC[P+](C)(C)CCOCC.COCCOCCC(=O)[O-]. The largest absolute Gasteiger partial charge is 0.550 e. The van der Waals surface area contributed by atoms with Gasteiger partial charge in [-0.3, -0.25) is 0 Å². The van der Waals surface area contributed by atoms with Gasteiger partial charge < -0.3 is 28.8 Å². The number of aliphatic carboxylic acids is 1. The third-order valence-corrected chi connectivity index (χ3v) is 5.76. The molecule has 0 rings (SSSR count). The molecule has 0 amide bonds. The molecule has 0 aliphatic heterocycles. The van der Waals surface area contributed by atoms with E-state index in [2.05, 4.69) is 18.1 Å². The van der Waals surface area contributed by atoms with E-state index in [1.807, 2.05) is 13.8 Å². The van der Waals surface area contributed by atoms with Gasteiger partial charge in [0.1, 0.15) is 0 Å². The first-order valence-corrected chi connectivity index (χ1v) is 11.2. The van der Waals surface area contributed by atoms with E-state index in [4.69, 9.17) is 14.2 Å². The molecule has 0 N–H and O–H groups in total. The van der Waals surface area contributed by atoms with Gasteiger partial charge in [0.15, 0.2) is 0 Å². The zero-order valence-corrected chi connectivity index (χ0v) is 16.4. The van der Waals surface area contributed by atoms with E-state index in [0.29, 0.717) is 13.2 Å². The number of hydrogen-bond acceptors (Lipinski definition) is 6. The molecule has 0 unspecified atom stereocenters. The molecule has 0 heterocycles. The van der Waals surface area contributed by atoms with Gasteiger partial charge >= 0.3 is 0 Å². The van der Waals surface area contributed by atoms with Crippen LogP contribution in [0.25, 0.3) is 0 Å². The Morgan fingerprint density at radius 2 is 1.39 bits per heavy atom. The first-order valence-electron chi connectivity index (χ1n) is 8.13. The van der Waals surface area contributed by atoms with Crippen molar-refractivity contribution in [2.45, 2.75) is 20.3 Å². The second-order valence-electron chi connectivity index (χ2n) is 5.50. The average molecular weight is 354 g/mol. The molecule has 6 nitrogen and oxygen atoms in total. The first-order chi connectivity index (χ1) is 10.9. The average Bonchev–Trinajstić information content (AvgIpc) is 2.48. The van der Waals surface area contributed by atoms with E-state index in [-0.39, 0.29) is 13.0 Å². The maximum absolute atomic E-state index is 9.81. The molecule has 0 spiro atoms. The molecule has 0 atom stereocenters. The summed E-state index contributed by atoms with van der Waals surface area (Å²) in [7, 11) is 0.806. The molecule has 0 saturated heterocycles. The Morgan fingerprint density at radius 3 is 1.78 bits per heavy atom. The van der Waals surface area contributed by atoms with Gasteiger partial charge in [-0.15, -0.1) is 0 Å². The minimum atomic E-state index is -1.09. The third kappa shape index (κ3) is 24.1. The zero-order valence-electron chi connectivity index (χ0n) is 15.5. The maximum Gasteiger partial charge on any atom is 0.0823 e. The Bertz CT molecular complexity index is 249. The molecule has 7 heteroatoms. The van der Waals surface area contributed by atoms with Crippen LogP contribution in [0.2, 0.25) is 0 Å². The van der Waals surface area contributed by atoms with Crippen LogP contribution in [-0.2, 0) is 23.7 Å². The highest BCUT2D eigenvalue weighted by Crippen LogP contribution is 2.50. The number of carbonyl (C=O) groups excluding carboxylic acids is 1. The van der Waals surface area contributed by atoms with Gasteiger partial charge in [0.25, 0.3) is 0 Å². The van der Waals surface area contributed by atoms with Crippen LogP contribution >= 0.6 is 7.26 Å². The normalized spacial score (nSPS) is 11.0. The Balaban J connectivity index is 0. The fourth-order valence-corrected chi connectivity index (χ4v) is 2.89. The van der Waals surface area contributed by atoms with Crippen molar-refractivity contribution in [2.75, 3.05) is 79.0 Å². The molecule has 0 radical (unpaired) electrons. The third-order valence-electron chi connectivity index (χ3n) is 2.97. The summed E-state index contributed by atoms with van der Waals surface area (Å²) in [6.45, 7) is 13.5. The van der Waals surface area contributed by atoms with Crippen LogP contribution in [0.5, 0.6) is 0 Å². The molecule has 0 fully saturated rings. The van der Waals surface area contributed by atoms with Crippen molar-refractivity contribution in [1.29, 1.82) is 0 Å². The lowest BCUT2D eigenvalue weighted by molar-refractivity contribution is -0.306. The van der Waals surface area contributed by atoms with Crippen LogP contribution in [-0.4, -0.2) is 85.0 Å². The summed E-state index contributed by atoms with van der Waals surface area (Å²) in [6, 6.07) is 0. The number of methoxy groups -OCH3 is 1. The predicted octanol–water partition coefficient (Wildman–Crippen LogP) is 1.13. The smallest absolute Gasteiger partial charge is 0.0823 e. The summed E-state index contributed by atoms with van der Waals surface area (Å²) < 4.78 is 20.2. The quantitative estimate of drug-likeness (QED) is 0.344. The van der Waals surface area contributed by atoms with Crippen LogP contribution in [0.1, 0.15) is 20.3 Å². The van der Waals surface area contributed by atoms with Crippen molar-refractivity contribution in [1.82, 2.24) is 0 Å². The molecular weight excluding hydrogens is 319 g/mol. The Kier molecular flexibility index (Phi) is 19.6. The molecule has 0 aromatic heterocycles. The number of rotatable bonds is 14. The monoisotopic (exact) mass is 354 g/mol. The topological polar surface area (TPSA) is 77.0 Å². The van der Waals surface area contributed by atoms with E-state index in [1.54, 1.807) is 7.11 Å². The number of carbonyl (C=O) groups is 1. The van der Waals surface area contributed by atoms with Gasteiger partial charge in [-0.1, -0.05) is 0 Å². The summed E-state index contributed by atoms with van der Waals surface area (Å²) in [6.07, 6.45) is 2.41. The highest BCUT2D eigenvalue weighted by atomic mass is 31.2. The molecule has 0 aliphatic carbocycles. The van der Waals surface area contributed by atoms with Crippen LogP contribution in [0.4, 0.5) is 0 Å². The van der Waals surface area contributed by atoms with Crippen molar-refractivity contribution in [2.24, 2.45) is 0 Å². The number of carboxylic acid groups (broad SMARTS) is 1. The lowest BCUT2D eigenvalue weighted by Crippen LogP contribution is -2.23. The fourth-order valence-electron chi connectivity index (χ4n) is 1.42. The van der Waals surface area contributed by atoms with Gasteiger partial charge in [0, 0.05) is 53.3 Å². The van der Waals surface area contributed by atoms with E-state index in [9.17, 15) is 9.90 Å². The van der Waals surface area contributed by atoms with Crippen molar-refractivity contribution in [3.63, 3.8) is 0 Å². The van der Waals surface area contributed by atoms with Gasteiger partial charge in [0.05, 0.1) is 45.4 Å². The van der Waals surface area contributed by atoms with Gasteiger partial charge in [-0.25, -0.2) is 0 Å². The Hall–Kier alpha value is -0.260. The standard InChI is InChI=1S/C10H24O2P.C6H12O4/c1-5-11-7-9-13(3,4)10-8-12-6-2;1-9-4-5-10-3-2-6(7)8/h5-10H2,1-4H3;2-5H2,1H3,(H,7,8)/q+1;/p-1. The Labute approximate surface area is 142 Å². The highest BCUT2D eigenvalue weighted by molar-refractivity contribution is 7.74. The van der Waals surface area contributed by atoms with Gasteiger partial charge in [-0.2, -0.15) is 0 Å². The molecular formula is C16H35O6P. The van der Waals surface area contributed by atoms with Crippen molar-refractivity contribution in [3.05, 3.63) is 0 Å². The van der Waals surface area contributed by atoms with E-state index >= 15 is 0 Å². The molecule has 0 bridgehead atoms. The van der Waals surface area contributed by atoms with Gasteiger partial charge in [-0.05, 0) is 13.8 Å². The van der Waals surface area contributed by atoms with Crippen molar-refractivity contribution < 1.29 is 28.8 Å². The maximum atomic E-state index is 9.81. The molecule has 0 aromatic rings. The molecule has 140 valence electrons. The van der Waals surface area contributed by atoms with Crippen LogP contribution in [0.15, 0.2) is 0 Å². The molecule has 0 aromatic carbocycles. The predicted molar refractivity (Wildman–Crippen MR) is 93.8 cm³/mol. The molecule has 0 aliphatic rings. The number of carboxylic acids is 1. The van der Waals surface area contributed by atoms with Crippen molar-refractivity contribution >= 4 is 13.2 Å². The first kappa shape index (κ1) is 25.0. The lowest BCUT2D eigenvalue weighted by Gasteiger charge is -2.17. The van der Waals surface area contributed by atoms with Crippen LogP contribution in [0.3, 0.4) is 0 Å². The van der Waals surface area contributed by atoms with Gasteiger partial charge in [0.2, 0.25) is 0 Å². The minimum Gasteiger partial charge on any atom is -0.550 e. The molecule has 0 saturated carbocycles. The highest BCUT2D eigenvalue weighted by Gasteiger charge is 2.23. The van der Waals surface area contributed by atoms with Crippen LogP contribution in [0, 0.1) is 0 Å². The van der Waals surface area contributed by atoms with Crippen LogP contribution < -0.4 is 5.11 Å².